The highest BCUT2D eigenvalue weighted by Crippen LogP contribution is 2.38. The van der Waals surface area contributed by atoms with Crippen LogP contribution in [0.2, 0.25) is 0 Å². The zero-order valence-electron chi connectivity index (χ0n) is 14.2. The van der Waals surface area contributed by atoms with Crippen molar-refractivity contribution in [2.75, 3.05) is 0 Å². The van der Waals surface area contributed by atoms with E-state index in [1.807, 2.05) is 24.3 Å². The van der Waals surface area contributed by atoms with Crippen LogP contribution in [0.15, 0.2) is 40.1 Å². The molecule has 0 bridgehead atoms. The van der Waals surface area contributed by atoms with Gasteiger partial charge in [-0.05, 0) is 51.8 Å². The molecular weight excluding hydrogens is 376 g/mol. The van der Waals surface area contributed by atoms with E-state index < -0.39 is 28.9 Å². The van der Waals surface area contributed by atoms with Crippen LogP contribution in [0.25, 0.3) is 0 Å². The smallest absolute Gasteiger partial charge is 0.374 e. The third-order valence-electron chi connectivity index (χ3n) is 3.83. The van der Waals surface area contributed by atoms with Crippen LogP contribution in [0.4, 0.5) is 0 Å². The molecule has 1 aliphatic heterocycles. The van der Waals surface area contributed by atoms with E-state index in [9.17, 15) is 14.7 Å². The van der Waals surface area contributed by atoms with Crippen LogP contribution in [0.3, 0.4) is 0 Å². The molecule has 1 heterocycles. The van der Waals surface area contributed by atoms with Gasteiger partial charge in [0.2, 0.25) is 11.4 Å². The molecule has 24 heavy (non-hydrogen) atoms. The highest BCUT2D eigenvalue weighted by atomic mass is 79.9. The lowest BCUT2D eigenvalue weighted by Gasteiger charge is -2.31. The van der Waals surface area contributed by atoms with Gasteiger partial charge in [-0.3, -0.25) is 0 Å². The number of aliphatic hydroxyl groups is 1. The Kier molecular flexibility index (Phi) is 5.08. The summed E-state index contributed by atoms with van der Waals surface area (Å²) >= 11 is 3.37. The van der Waals surface area contributed by atoms with E-state index in [2.05, 4.69) is 15.9 Å². The molecule has 0 aromatic heterocycles. The lowest BCUT2D eigenvalue weighted by molar-refractivity contribution is -0.182. The number of halogens is 1. The second-order valence-corrected chi connectivity index (χ2v) is 7.73. The number of cyclic esters (lactones) is 1. The SMILES string of the molecule is CC1=C(O)C(=O)O[C@@]1(CCc1ccc(Br)cc1)C(=O)OC(C)(C)C. The number of rotatable bonds is 4. The largest absolute Gasteiger partial charge is 0.502 e. The number of esters is 2. The third-order valence-corrected chi connectivity index (χ3v) is 4.36. The van der Waals surface area contributed by atoms with Gasteiger partial charge in [-0.1, -0.05) is 28.1 Å². The van der Waals surface area contributed by atoms with Crippen LogP contribution in [0.5, 0.6) is 0 Å². The Bertz CT molecular complexity index is 684. The van der Waals surface area contributed by atoms with Crippen molar-refractivity contribution in [2.24, 2.45) is 0 Å². The minimum atomic E-state index is -1.58. The third kappa shape index (κ3) is 3.80. The second kappa shape index (κ2) is 6.59. The van der Waals surface area contributed by atoms with Gasteiger partial charge in [0.15, 0.2) is 0 Å². The molecule has 130 valence electrons. The maximum atomic E-state index is 12.7. The van der Waals surface area contributed by atoms with Gasteiger partial charge >= 0.3 is 11.9 Å². The first-order valence-electron chi connectivity index (χ1n) is 7.67. The van der Waals surface area contributed by atoms with Gasteiger partial charge in [0.1, 0.15) is 5.60 Å². The molecule has 1 aromatic rings. The van der Waals surface area contributed by atoms with Crippen molar-refractivity contribution in [3.05, 3.63) is 45.6 Å². The summed E-state index contributed by atoms with van der Waals surface area (Å²) in [5.74, 6) is -2.08. The van der Waals surface area contributed by atoms with Gasteiger partial charge in [0, 0.05) is 16.5 Å². The minimum absolute atomic E-state index is 0.193. The van der Waals surface area contributed by atoms with Crippen LogP contribution in [0.1, 0.15) is 39.7 Å². The molecule has 0 saturated heterocycles. The number of hydrogen-bond acceptors (Lipinski definition) is 5. The van der Waals surface area contributed by atoms with Crippen LogP contribution < -0.4 is 0 Å². The molecule has 0 unspecified atom stereocenters. The fourth-order valence-corrected chi connectivity index (χ4v) is 2.76. The Hall–Kier alpha value is -1.82. The van der Waals surface area contributed by atoms with Gasteiger partial charge in [-0.25, -0.2) is 9.59 Å². The summed E-state index contributed by atoms with van der Waals surface area (Å²) in [6.45, 7) is 6.74. The summed E-state index contributed by atoms with van der Waals surface area (Å²) in [6, 6.07) is 7.64. The van der Waals surface area contributed by atoms with Crippen molar-refractivity contribution in [1.29, 1.82) is 0 Å². The number of ether oxygens (including phenoxy) is 2. The van der Waals surface area contributed by atoms with Crippen LogP contribution in [0, 0.1) is 0 Å². The van der Waals surface area contributed by atoms with E-state index in [4.69, 9.17) is 9.47 Å². The van der Waals surface area contributed by atoms with Gasteiger partial charge < -0.3 is 14.6 Å². The van der Waals surface area contributed by atoms with E-state index >= 15 is 0 Å². The topological polar surface area (TPSA) is 72.8 Å². The molecule has 0 radical (unpaired) electrons. The molecule has 1 N–H and O–H groups in total. The van der Waals surface area contributed by atoms with Crippen molar-refractivity contribution in [1.82, 2.24) is 0 Å². The maximum absolute atomic E-state index is 12.7. The van der Waals surface area contributed by atoms with Crippen molar-refractivity contribution in [3.63, 3.8) is 0 Å². The number of benzene rings is 1. The van der Waals surface area contributed by atoms with Gasteiger partial charge in [0.25, 0.3) is 0 Å². The molecule has 6 heteroatoms. The van der Waals surface area contributed by atoms with Crippen molar-refractivity contribution >= 4 is 27.9 Å². The number of aryl methyl sites for hydroxylation is 1. The Morgan fingerprint density at radius 3 is 2.33 bits per heavy atom. The Morgan fingerprint density at radius 1 is 1.29 bits per heavy atom. The standard InChI is InChI=1S/C18H21BrO5/c1-11-14(20)15(21)23-18(11,16(22)24-17(2,3)4)10-9-12-5-7-13(19)8-6-12/h5-8,20H,9-10H2,1-4H3/t18-/m1/s1. The molecular formula is C18H21BrO5. The lowest BCUT2D eigenvalue weighted by atomic mass is 9.88. The first kappa shape index (κ1) is 18.5. The highest BCUT2D eigenvalue weighted by Gasteiger charge is 2.53. The zero-order valence-corrected chi connectivity index (χ0v) is 15.8. The number of carbonyl (C=O) groups excluding carboxylic acids is 2. The molecule has 0 aliphatic carbocycles. The average Bonchev–Trinajstić information content (AvgIpc) is 2.70. The van der Waals surface area contributed by atoms with Crippen LogP contribution >= 0.6 is 15.9 Å². The Labute approximate surface area is 149 Å². The highest BCUT2D eigenvalue weighted by molar-refractivity contribution is 9.10. The molecule has 1 atom stereocenters. The van der Waals surface area contributed by atoms with Crippen molar-refractivity contribution in [2.45, 2.75) is 51.7 Å². The summed E-state index contributed by atoms with van der Waals surface area (Å²) in [4.78, 5) is 24.5. The normalized spacial score (nSPS) is 21.0. The summed E-state index contributed by atoms with van der Waals surface area (Å²) in [5, 5.41) is 9.87. The van der Waals surface area contributed by atoms with E-state index in [1.54, 1.807) is 20.8 Å². The summed E-state index contributed by atoms with van der Waals surface area (Å²) in [6.07, 6.45) is 0.690. The Balaban J connectivity index is 2.29. The van der Waals surface area contributed by atoms with Gasteiger partial charge in [-0.2, -0.15) is 0 Å². The summed E-state index contributed by atoms with van der Waals surface area (Å²) in [7, 11) is 0. The molecule has 0 spiro atoms. The zero-order chi connectivity index (χ0) is 18.1. The first-order valence-corrected chi connectivity index (χ1v) is 8.46. The van der Waals surface area contributed by atoms with E-state index in [1.165, 1.54) is 6.92 Å². The van der Waals surface area contributed by atoms with E-state index in [0.29, 0.717) is 6.42 Å². The van der Waals surface area contributed by atoms with E-state index in [0.717, 1.165) is 10.0 Å². The van der Waals surface area contributed by atoms with Gasteiger partial charge in [-0.15, -0.1) is 0 Å². The molecule has 1 aromatic carbocycles. The molecule has 1 aliphatic rings. The lowest BCUT2D eigenvalue weighted by Crippen LogP contribution is -2.45. The predicted molar refractivity (Wildman–Crippen MR) is 92.5 cm³/mol. The fraction of sp³-hybridized carbons (Fsp3) is 0.444. The average molecular weight is 397 g/mol. The van der Waals surface area contributed by atoms with Crippen molar-refractivity contribution in [3.8, 4) is 0 Å². The second-order valence-electron chi connectivity index (χ2n) is 6.82. The minimum Gasteiger partial charge on any atom is -0.502 e. The quantitative estimate of drug-likeness (QED) is 0.782. The van der Waals surface area contributed by atoms with Crippen molar-refractivity contribution < 1.29 is 24.2 Å². The summed E-state index contributed by atoms with van der Waals surface area (Å²) < 4.78 is 11.7. The van der Waals surface area contributed by atoms with Crippen LogP contribution in [-0.2, 0) is 25.5 Å². The van der Waals surface area contributed by atoms with Crippen LogP contribution in [-0.4, -0.2) is 28.2 Å². The number of aliphatic hydroxyl groups excluding tert-OH is 1. The van der Waals surface area contributed by atoms with E-state index in [-0.39, 0.29) is 12.0 Å². The number of hydrogen-bond donors (Lipinski definition) is 1. The number of carbonyl (C=O) groups is 2. The fourth-order valence-electron chi connectivity index (χ4n) is 2.49. The molecule has 2 rings (SSSR count). The predicted octanol–water partition coefficient (Wildman–Crippen LogP) is 3.85. The molecule has 0 fully saturated rings. The molecule has 5 nitrogen and oxygen atoms in total. The summed E-state index contributed by atoms with van der Waals surface area (Å²) in [5.41, 5.74) is -1.14. The molecule has 0 saturated carbocycles. The Morgan fingerprint density at radius 2 is 1.88 bits per heavy atom. The maximum Gasteiger partial charge on any atom is 0.374 e. The molecule has 0 amide bonds. The monoisotopic (exact) mass is 396 g/mol. The van der Waals surface area contributed by atoms with Gasteiger partial charge in [0.05, 0.1) is 0 Å². The first-order chi connectivity index (χ1) is 11.0.